The fourth-order valence-electron chi connectivity index (χ4n) is 1.83. The number of ether oxygens (including phenoxy) is 1. The van der Waals surface area contributed by atoms with Crippen LogP contribution in [-0.4, -0.2) is 0 Å². The highest BCUT2D eigenvalue weighted by molar-refractivity contribution is 9.10. The van der Waals surface area contributed by atoms with Crippen LogP contribution in [0.4, 0.5) is 39.5 Å². The van der Waals surface area contributed by atoms with E-state index in [4.69, 9.17) is 0 Å². The van der Waals surface area contributed by atoms with Crippen molar-refractivity contribution in [1.82, 2.24) is 0 Å². The minimum atomic E-state index is -5.41. The summed E-state index contributed by atoms with van der Waals surface area (Å²) in [6.45, 7) is 0. The molecule has 0 heterocycles. The first-order valence-corrected chi connectivity index (χ1v) is 6.91. The Kier molecular flexibility index (Phi) is 4.99. The topological polar surface area (TPSA) is 9.23 Å². The summed E-state index contributed by atoms with van der Waals surface area (Å²) in [6.07, 6.45) is -10.0. The van der Waals surface area contributed by atoms with E-state index >= 15 is 0 Å². The number of hydrogen-bond donors (Lipinski definition) is 0. The molecule has 0 bridgehead atoms. The van der Waals surface area contributed by atoms with Gasteiger partial charge >= 0.3 is 12.3 Å². The molecule has 0 N–H and O–H groups in total. The molecule has 0 unspecified atom stereocenters. The first-order valence-electron chi connectivity index (χ1n) is 6.11. The van der Waals surface area contributed by atoms with Crippen molar-refractivity contribution in [3.63, 3.8) is 0 Å². The number of halogens is 10. The Hall–Kier alpha value is -1.91. The van der Waals surface area contributed by atoms with Crippen LogP contribution in [0.1, 0.15) is 11.1 Å². The highest BCUT2D eigenvalue weighted by Gasteiger charge is 2.41. The van der Waals surface area contributed by atoms with E-state index in [1.54, 1.807) is 0 Å². The maximum atomic E-state index is 13.9. The van der Waals surface area contributed by atoms with Gasteiger partial charge in [-0.3, -0.25) is 0 Å². The van der Waals surface area contributed by atoms with Gasteiger partial charge in [0, 0.05) is 12.1 Å². The van der Waals surface area contributed by atoms with Crippen molar-refractivity contribution in [2.75, 3.05) is 0 Å². The molecule has 0 aliphatic rings. The summed E-state index contributed by atoms with van der Waals surface area (Å²) in [7, 11) is 0. The van der Waals surface area contributed by atoms with Gasteiger partial charge in [0.25, 0.3) is 0 Å². The Balaban J connectivity index is 2.44. The van der Waals surface area contributed by atoms with Crippen molar-refractivity contribution >= 4 is 15.9 Å². The molecular weight excluding hydrogens is 435 g/mol. The minimum Gasteiger partial charge on any atom is -0.429 e. The summed E-state index contributed by atoms with van der Waals surface area (Å²) in [5, 5.41) is 0. The first kappa shape index (κ1) is 19.4. The van der Waals surface area contributed by atoms with E-state index in [9.17, 15) is 39.5 Å². The van der Waals surface area contributed by atoms with Crippen LogP contribution in [0.2, 0.25) is 0 Å². The maximum absolute atomic E-state index is 13.9. The lowest BCUT2D eigenvalue weighted by molar-refractivity contribution is -0.188. The van der Waals surface area contributed by atoms with Gasteiger partial charge in [-0.15, -0.1) is 0 Å². The van der Waals surface area contributed by atoms with E-state index in [-0.39, 0.29) is 12.1 Å². The van der Waals surface area contributed by atoms with E-state index in [1.165, 1.54) is 0 Å². The summed E-state index contributed by atoms with van der Waals surface area (Å²) in [5.74, 6) is -9.45. The van der Waals surface area contributed by atoms with E-state index < -0.39 is 56.9 Å². The summed E-state index contributed by atoms with van der Waals surface area (Å²) in [5.41, 5.74) is -3.92. The van der Waals surface area contributed by atoms with Crippen LogP contribution < -0.4 is 4.74 Å². The van der Waals surface area contributed by atoms with Crippen molar-refractivity contribution in [2.24, 2.45) is 0 Å². The number of hydrogen-bond acceptors (Lipinski definition) is 1. The average Bonchev–Trinajstić information content (AvgIpc) is 2.41. The number of benzene rings is 2. The zero-order valence-corrected chi connectivity index (χ0v) is 13.1. The minimum absolute atomic E-state index is 0.146. The molecule has 25 heavy (non-hydrogen) atoms. The maximum Gasteiger partial charge on any atom is 0.429 e. The van der Waals surface area contributed by atoms with Gasteiger partial charge in [0.05, 0.1) is 4.47 Å². The van der Waals surface area contributed by atoms with Crippen LogP contribution >= 0.6 is 15.9 Å². The van der Waals surface area contributed by atoms with E-state index in [2.05, 4.69) is 20.7 Å². The molecule has 2 rings (SSSR count). The van der Waals surface area contributed by atoms with Gasteiger partial charge in [0.1, 0.15) is 28.5 Å². The molecule has 2 aromatic rings. The van der Waals surface area contributed by atoms with Crippen molar-refractivity contribution in [1.29, 1.82) is 0 Å². The molecule has 1 nitrogen and oxygen atoms in total. The Morgan fingerprint density at radius 2 is 1.32 bits per heavy atom. The van der Waals surface area contributed by atoms with Gasteiger partial charge in [0.2, 0.25) is 0 Å². The summed E-state index contributed by atoms with van der Waals surface area (Å²) in [4.78, 5) is 0. The third kappa shape index (κ3) is 3.86. The van der Waals surface area contributed by atoms with Crippen molar-refractivity contribution in [2.45, 2.75) is 12.3 Å². The van der Waals surface area contributed by atoms with E-state index in [1.807, 2.05) is 0 Å². The molecule has 0 atom stereocenters. The van der Waals surface area contributed by atoms with Crippen molar-refractivity contribution < 1.29 is 44.3 Å². The van der Waals surface area contributed by atoms with Gasteiger partial charge in [-0.05, 0) is 28.1 Å². The second-order valence-corrected chi connectivity index (χ2v) is 5.46. The Labute approximate surface area is 142 Å². The van der Waals surface area contributed by atoms with Crippen molar-refractivity contribution in [3.05, 3.63) is 63.1 Å². The normalized spacial score (nSPS) is 12.4. The molecule has 0 aromatic heterocycles. The lowest BCUT2D eigenvalue weighted by Crippen LogP contribution is -2.24. The molecule has 0 saturated carbocycles. The number of alkyl halides is 5. The van der Waals surface area contributed by atoms with Crippen LogP contribution in [-0.2, 0) is 12.3 Å². The van der Waals surface area contributed by atoms with Crippen LogP contribution in [0, 0.1) is 23.3 Å². The molecule has 2 aromatic carbocycles. The summed E-state index contributed by atoms with van der Waals surface area (Å²) >= 11 is 2.55. The molecule has 0 saturated heterocycles. The average molecular weight is 439 g/mol. The largest absolute Gasteiger partial charge is 0.429 e. The molecule has 0 fully saturated rings. The lowest BCUT2D eigenvalue weighted by Gasteiger charge is -2.20. The van der Waals surface area contributed by atoms with Crippen LogP contribution in [0.3, 0.4) is 0 Å². The number of rotatable bonds is 3. The highest BCUT2D eigenvalue weighted by Crippen LogP contribution is 2.39. The van der Waals surface area contributed by atoms with E-state index in [0.717, 1.165) is 6.07 Å². The molecule has 0 amide bonds. The van der Waals surface area contributed by atoms with Gasteiger partial charge in [0.15, 0.2) is 11.6 Å². The smallest absolute Gasteiger partial charge is 0.429 e. The summed E-state index contributed by atoms with van der Waals surface area (Å²) < 4.78 is 122. The zero-order chi connectivity index (χ0) is 19.2. The third-order valence-corrected chi connectivity index (χ3v) is 3.51. The molecule has 136 valence electrons. The summed E-state index contributed by atoms with van der Waals surface area (Å²) in [6, 6.07) is 0.859. The van der Waals surface area contributed by atoms with Crippen LogP contribution in [0.5, 0.6) is 5.75 Å². The van der Waals surface area contributed by atoms with Gasteiger partial charge in [-0.2, -0.15) is 22.0 Å². The monoisotopic (exact) mass is 438 g/mol. The van der Waals surface area contributed by atoms with Gasteiger partial charge in [-0.25, -0.2) is 17.6 Å². The highest BCUT2D eigenvalue weighted by atomic mass is 79.9. The van der Waals surface area contributed by atoms with E-state index in [0.29, 0.717) is 6.07 Å². The zero-order valence-electron chi connectivity index (χ0n) is 11.5. The predicted molar refractivity (Wildman–Crippen MR) is 69.9 cm³/mol. The predicted octanol–water partition coefficient (Wildman–Crippen LogP) is 6.15. The van der Waals surface area contributed by atoms with Crippen LogP contribution in [0.25, 0.3) is 0 Å². The molecular formula is C14H4BrF9O. The second-order valence-electron chi connectivity index (χ2n) is 4.60. The molecule has 0 radical (unpaired) electrons. The molecule has 0 aliphatic carbocycles. The quantitative estimate of drug-likeness (QED) is 0.412. The second kappa shape index (κ2) is 6.43. The standard InChI is InChI=1S/C14H4BrF9O/c15-7-2-1-6(11(18)12(7)19)14(23,24)25-5-3-8(16)10(9(17)4-5)13(20,21)22/h1-4H. The van der Waals surface area contributed by atoms with Crippen molar-refractivity contribution in [3.8, 4) is 5.75 Å². The lowest BCUT2D eigenvalue weighted by atomic mass is 10.1. The molecule has 11 heteroatoms. The molecule has 0 aliphatic heterocycles. The fourth-order valence-corrected chi connectivity index (χ4v) is 2.14. The van der Waals surface area contributed by atoms with Crippen LogP contribution in [0.15, 0.2) is 28.7 Å². The fraction of sp³-hybridized carbons (Fsp3) is 0.143. The third-order valence-electron chi connectivity index (χ3n) is 2.89. The Morgan fingerprint density at radius 3 is 1.80 bits per heavy atom. The Bertz CT molecular complexity index is 794. The molecule has 0 spiro atoms. The first-order chi connectivity index (χ1) is 11.3. The Morgan fingerprint density at radius 1 is 0.800 bits per heavy atom. The van der Waals surface area contributed by atoms with Gasteiger partial charge in [-0.1, -0.05) is 0 Å². The SMILES string of the molecule is Fc1cc(OC(F)(F)c2ccc(Br)c(F)c2F)cc(F)c1C(F)(F)F. The van der Waals surface area contributed by atoms with Gasteiger partial charge < -0.3 is 4.74 Å².